The van der Waals surface area contributed by atoms with Gasteiger partial charge < -0.3 is 16.7 Å². The first-order valence-electron chi connectivity index (χ1n) is 12.0. The molecule has 8 nitrogen and oxygen atoms in total. The summed E-state index contributed by atoms with van der Waals surface area (Å²) in [6.07, 6.45) is -9.69. The standard InChI is InChI=1S/C28H20F6N4O4.Na.H/c1-26(2)24(41)38(20-10-6-16(13-35)21(12-20)28(32,33)34)25(42)37(26)14-17-3-7-18(27(29,30)31)11-22(17)36-19-8-4-15(5-9-19)23(39)40;;/h3-12,36H,14H2,1-2H3,(H,39,40);;/q;+1;-1. The second kappa shape index (κ2) is 11.9. The van der Waals surface area contributed by atoms with E-state index in [0.717, 1.165) is 35.2 Å². The Labute approximate surface area is 264 Å². The molecule has 3 aromatic rings. The molecule has 43 heavy (non-hydrogen) atoms. The van der Waals surface area contributed by atoms with Gasteiger partial charge in [-0.05, 0) is 74.0 Å². The molecule has 1 heterocycles. The van der Waals surface area contributed by atoms with E-state index < -0.39 is 64.7 Å². The molecule has 0 bridgehead atoms. The largest absolute Gasteiger partial charge is 1.00 e. The third-order valence-corrected chi connectivity index (χ3v) is 6.69. The molecule has 0 saturated carbocycles. The van der Waals surface area contributed by atoms with Gasteiger partial charge in [0.25, 0.3) is 5.91 Å². The van der Waals surface area contributed by atoms with Gasteiger partial charge in [0.2, 0.25) is 0 Å². The maximum atomic E-state index is 13.5. The van der Waals surface area contributed by atoms with Crippen LogP contribution in [0, 0.1) is 11.3 Å². The SMILES string of the molecule is CC1(C)C(=O)N(c2ccc(C#N)c(C(F)(F)F)c2)C(=O)N1Cc1ccc(C(F)(F)F)cc1Nc1ccc(C(=O)O)cc1.[H-].[Na+]. The van der Waals surface area contributed by atoms with E-state index in [1.54, 1.807) is 0 Å². The number of carboxylic acid groups (broad SMARTS) is 1. The molecule has 0 aromatic heterocycles. The van der Waals surface area contributed by atoms with Gasteiger partial charge in [-0.15, -0.1) is 0 Å². The van der Waals surface area contributed by atoms with E-state index in [9.17, 15) is 40.7 Å². The van der Waals surface area contributed by atoms with E-state index in [4.69, 9.17) is 10.4 Å². The number of carbonyl (C=O) groups is 3. The number of hydrogen-bond acceptors (Lipinski definition) is 5. The molecule has 2 N–H and O–H groups in total. The van der Waals surface area contributed by atoms with Gasteiger partial charge in [-0.3, -0.25) is 4.79 Å². The molecule has 3 amide bonds. The molecule has 4 rings (SSSR count). The fourth-order valence-corrected chi connectivity index (χ4v) is 4.36. The number of urea groups is 1. The first-order chi connectivity index (χ1) is 19.4. The number of carbonyl (C=O) groups excluding carboxylic acids is 2. The predicted molar refractivity (Wildman–Crippen MR) is 138 cm³/mol. The average molecular weight is 614 g/mol. The number of hydrogen-bond donors (Lipinski definition) is 2. The van der Waals surface area contributed by atoms with Crippen molar-refractivity contribution >= 4 is 35.0 Å². The molecule has 220 valence electrons. The van der Waals surface area contributed by atoms with E-state index in [0.29, 0.717) is 11.0 Å². The van der Waals surface area contributed by atoms with Gasteiger partial charge in [-0.1, -0.05) is 6.07 Å². The zero-order chi connectivity index (χ0) is 31.2. The summed E-state index contributed by atoms with van der Waals surface area (Å²) in [4.78, 5) is 39.4. The van der Waals surface area contributed by atoms with Crippen LogP contribution in [0.5, 0.6) is 0 Å². The van der Waals surface area contributed by atoms with Crippen molar-refractivity contribution in [3.05, 3.63) is 88.5 Å². The molecule has 0 spiro atoms. The Kier molecular flexibility index (Phi) is 9.26. The summed E-state index contributed by atoms with van der Waals surface area (Å²) in [5, 5.41) is 20.9. The Morgan fingerprint density at radius 1 is 0.977 bits per heavy atom. The van der Waals surface area contributed by atoms with Gasteiger partial charge in [-0.2, -0.15) is 31.6 Å². The third-order valence-electron chi connectivity index (χ3n) is 6.69. The van der Waals surface area contributed by atoms with Crippen molar-refractivity contribution < 1.29 is 76.8 Å². The Morgan fingerprint density at radius 3 is 2.14 bits per heavy atom. The quantitative estimate of drug-likeness (QED) is 0.248. The van der Waals surface area contributed by atoms with Crippen LogP contribution in [0.2, 0.25) is 0 Å². The number of nitrogens with zero attached hydrogens (tertiary/aromatic N) is 3. The Hall–Kier alpha value is -4.06. The van der Waals surface area contributed by atoms with Crippen molar-refractivity contribution in [2.24, 2.45) is 0 Å². The van der Waals surface area contributed by atoms with Crippen molar-refractivity contribution in [3.8, 4) is 6.07 Å². The van der Waals surface area contributed by atoms with Crippen LogP contribution < -0.4 is 39.8 Å². The Morgan fingerprint density at radius 2 is 1.60 bits per heavy atom. The number of nitriles is 1. The van der Waals surface area contributed by atoms with Crippen molar-refractivity contribution in [1.29, 1.82) is 5.26 Å². The summed E-state index contributed by atoms with van der Waals surface area (Å²) >= 11 is 0. The van der Waals surface area contributed by atoms with Gasteiger partial charge in [0, 0.05) is 11.4 Å². The number of rotatable bonds is 6. The number of halogens is 6. The molecule has 15 heteroatoms. The minimum atomic E-state index is -4.95. The number of carboxylic acids is 1. The maximum absolute atomic E-state index is 13.5. The topological polar surface area (TPSA) is 114 Å². The molecule has 1 aliphatic heterocycles. The van der Waals surface area contributed by atoms with E-state index in [2.05, 4.69) is 5.32 Å². The minimum absolute atomic E-state index is 0. The minimum Gasteiger partial charge on any atom is -1.00 e. The van der Waals surface area contributed by atoms with Gasteiger partial charge in [0.1, 0.15) is 5.54 Å². The van der Waals surface area contributed by atoms with Gasteiger partial charge in [0.15, 0.2) is 0 Å². The van der Waals surface area contributed by atoms with Crippen LogP contribution in [0.25, 0.3) is 0 Å². The summed E-state index contributed by atoms with van der Waals surface area (Å²) in [6.45, 7) is 2.25. The zero-order valence-electron chi connectivity index (χ0n) is 23.8. The smallest absolute Gasteiger partial charge is 1.00 e. The van der Waals surface area contributed by atoms with E-state index in [-0.39, 0.29) is 53.5 Å². The van der Waals surface area contributed by atoms with Crippen LogP contribution in [-0.2, 0) is 23.7 Å². The van der Waals surface area contributed by atoms with Crippen molar-refractivity contribution in [2.45, 2.75) is 38.3 Å². The van der Waals surface area contributed by atoms with Crippen molar-refractivity contribution in [2.75, 3.05) is 10.2 Å². The first-order valence-corrected chi connectivity index (χ1v) is 12.0. The second-order valence-corrected chi connectivity index (χ2v) is 9.78. The van der Waals surface area contributed by atoms with Crippen molar-refractivity contribution in [3.63, 3.8) is 0 Å². The summed E-state index contributed by atoms with van der Waals surface area (Å²) in [6, 6.07) is 10.5. The molecule has 3 aromatic carbocycles. The predicted octanol–water partition coefficient (Wildman–Crippen LogP) is 3.90. The molecule has 0 radical (unpaired) electrons. The number of alkyl halides is 6. The van der Waals surface area contributed by atoms with Crippen LogP contribution in [0.15, 0.2) is 60.7 Å². The summed E-state index contributed by atoms with van der Waals surface area (Å²) in [5.74, 6) is -2.11. The van der Waals surface area contributed by atoms with E-state index in [1.807, 2.05) is 0 Å². The second-order valence-electron chi connectivity index (χ2n) is 9.78. The van der Waals surface area contributed by atoms with E-state index >= 15 is 0 Å². The molecule has 1 aliphatic rings. The summed E-state index contributed by atoms with van der Waals surface area (Å²) in [7, 11) is 0. The van der Waals surface area contributed by atoms with Crippen LogP contribution in [-0.4, -0.2) is 33.5 Å². The fraction of sp³-hybridized carbons (Fsp3) is 0.214. The fourth-order valence-electron chi connectivity index (χ4n) is 4.36. The molecule has 1 saturated heterocycles. The molecule has 0 unspecified atom stereocenters. The van der Waals surface area contributed by atoms with Crippen molar-refractivity contribution in [1.82, 2.24) is 4.90 Å². The van der Waals surface area contributed by atoms with Crippen LogP contribution in [0.3, 0.4) is 0 Å². The summed E-state index contributed by atoms with van der Waals surface area (Å²) < 4.78 is 81.2. The van der Waals surface area contributed by atoms with Gasteiger partial charge in [0.05, 0.1) is 40.6 Å². The monoisotopic (exact) mass is 614 g/mol. The van der Waals surface area contributed by atoms with E-state index in [1.165, 1.54) is 44.2 Å². The number of anilines is 3. The molecular formula is C28H21F6N4NaO4. The van der Waals surface area contributed by atoms with Crippen LogP contribution in [0.1, 0.15) is 47.9 Å². The summed E-state index contributed by atoms with van der Waals surface area (Å²) in [5.41, 5.74) is -4.98. The van der Waals surface area contributed by atoms with Gasteiger partial charge in [-0.25, -0.2) is 14.5 Å². The Bertz CT molecular complexity index is 1640. The van der Waals surface area contributed by atoms with Crippen LogP contribution in [0.4, 0.5) is 48.2 Å². The molecule has 0 atom stereocenters. The average Bonchev–Trinajstić information content (AvgIpc) is 3.07. The molecule has 0 aliphatic carbocycles. The number of amides is 3. The molecule has 1 fully saturated rings. The zero-order valence-corrected chi connectivity index (χ0v) is 24.8. The third kappa shape index (κ3) is 6.64. The number of benzene rings is 3. The van der Waals surface area contributed by atoms with Gasteiger partial charge >= 0.3 is 53.9 Å². The number of nitrogens with one attached hydrogen (secondary N) is 1. The first kappa shape index (κ1) is 33.4. The normalized spacial score (nSPS) is 14.8. The number of aromatic carboxylic acids is 1. The number of imide groups is 1. The Balaban J connectivity index is 0.00000337. The molecular weight excluding hydrogens is 593 g/mol. The maximum Gasteiger partial charge on any atom is 1.00 e. The van der Waals surface area contributed by atoms with Crippen LogP contribution >= 0.6 is 0 Å².